The summed E-state index contributed by atoms with van der Waals surface area (Å²) in [5, 5.41) is 0. The van der Waals surface area contributed by atoms with Crippen molar-refractivity contribution in [2.45, 2.75) is 38.4 Å². The second-order valence-corrected chi connectivity index (χ2v) is 7.84. The first kappa shape index (κ1) is 18.5. The lowest BCUT2D eigenvalue weighted by molar-refractivity contribution is -0.0223. The fraction of sp³-hybridized carbons (Fsp3) is 0.409. The molecule has 0 bridgehead atoms. The molecule has 2 aromatic rings. The minimum absolute atomic E-state index is 0.164. The third-order valence-electron chi connectivity index (χ3n) is 4.95. The van der Waals surface area contributed by atoms with Gasteiger partial charge in [0.15, 0.2) is 0 Å². The molecule has 1 heterocycles. The minimum Gasteiger partial charge on any atom is -0.453 e. The molecule has 0 atom stereocenters. The monoisotopic (exact) mass is 352 g/mol. The molecule has 4 heteroatoms. The van der Waals surface area contributed by atoms with E-state index in [1.54, 1.807) is 0 Å². The Hall–Kier alpha value is -2.33. The normalized spacial score (nSPS) is 15.6. The van der Waals surface area contributed by atoms with Gasteiger partial charge in [0.2, 0.25) is 0 Å². The van der Waals surface area contributed by atoms with Crippen LogP contribution in [0, 0.1) is 0 Å². The van der Waals surface area contributed by atoms with E-state index in [2.05, 4.69) is 74.2 Å². The maximum Gasteiger partial charge on any atom is 0.410 e. The molecule has 0 N–H and O–H groups in total. The lowest BCUT2D eigenvalue weighted by atomic mass is 9.91. The summed E-state index contributed by atoms with van der Waals surface area (Å²) in [6, 6.07) is 21.5. The third-order valence-corrected chi connectivity index (χ3v) is 4.95. The van der Waals surface area contributed by atoms with E-state index in [1.807, 2.05) is 17.0 Å². The molecule has 138 valence electrons. The number of carbonyl (C=O) groups excluding carboxylic acids is 1. The Morgan fingerprint density at radius 3 is 1.85 bits per heavy atom. The summed E-state index contributed by atoms with van der Waals surface area (Å²) < 4.78 is 5.03. The zero-order valence-electron chi connectivity index (χ0n) is 16.1. The van der Waals surface area contributed by atoms with Crippen LogP contribution in [0.3, 0.4) is 0 Å². The van der Waals surface area contributed by atoms with Crippen LogP contribution in [0.25, 0.3) is 0 Å². The largest absolute Gasteiger partial charge is 0.453 e. The first-order valence-electron chi connectivity index (χ1n) is 9.13. The Balaban J connectivity index is 1.82. The van der Waals surface area contributed by atoms with Crippen molar-refractivity contribution in [2.75, 3.05) is 20.2 Å². The number of nitrogens with zero attached hydrogens (tertiary/aromatic N) is 2. The van der Waals surface area contributed by atoms with Gasteiger partial charge in [-0.05, 0) is 31.9 Å². The van der Waals surface area contributed by atoms with Crippen molar-refractivity contribution in [2.24, 2.45) is 0 Å². The molecule has 0 spiro atoms. The predicted molar refractivity (Wildman–Crippen MR) is 104 cm³/mol. The van der Waals surface area contributed by atoms with Crippen LogP contribution in [0.4, 0.5) is 4.79 Å². The number of hydrogen-bond donors (Lipinski definition) is 0. The van der Waals surface area contributed by atoms with Crippen molar-refractivity contribution >= 4 is 6.09 Å². The van der Waals surface area contributed by atoms with Gasteiger partial charge in [-0.15, -0.1) is 0 Å². The number of likely N-dealkylation sites (tertiary alicyclic amines) is 1. The molecule has 1 fully saturated rings. The zero-order valence-corrected chi connectivity index (χ0v) is 16.1. The zero-order chi connectivity index (χ0) is 18.7. The average Bonchev–Trinajstić information content (AvgIpc) is 2.60. The highest BCUT2D eigenvalue weighted by atomic mass is 16.5. The van der Waals surface area contributed by atoms with E-state index in [0.29, 0.717) is 0 Å². The number of rotatable bonds is 4. The topological polar surface area (TPSA) is 32.8 Å². The molecule has 0 aliphatic carbocycles. The van der Waals surface area contributed by atoms with E-state index in [1.165, 1.54) is 18.2 Å². The summed E-state index contributed by atoms with van der Waals surface area (Å²) in [6.07, 6.45) is -0.252. The van der Waals surface area contributed by atoms with Crippen LogP contribution in [0.5, 0.6) is 0 Å². The lowest BCUT2D eigenvalue weighted by Gasteiger charge is -2.52. The molecular weight excluding hydrogens is 324 g/mol. The van der Waals surface area contributed by atoms with Crippen molar-refractivity contribution in [3.8, 4) is 0 Å². The highest BCUT2D eigenvalue weighted by Crippen LogP contribution is 2.35. The number of carbonyl (C=O) groups is 1. The number of benzene rings is 2. The van der Waals surface area contributed by atoms with Crippen molar-refractivity contribution in [3.63, 3.8) is 0 Å². The van der Waals surface area contributed by atoms with Crippen LogP contribution >= 0.6 is 0 Å². The van der Waals surface area contributed by atoms with E-state index in [4.69, 9.17) is 4.74 Å². The van der Waals surface area contributed by atoms with Crippen molar-refractivity contribution < 1.29 is 9.53 Å². The first-order valence-corrected chi connectivity index (χ1v) is 9.13. The number of amides is 1. The Kier molecular flexibility index (Phi) is 5.33. The van der Waals surface area contributed by atoms with Gasteiger partial charge in [0, 0.05) is 18.6 Å². The van der Waals surface area contributed by atoms with Crippen molar-refractivity contribution in [1.82, 2.24) is 9.80 Å². The fourth-order valence-corrected chi connectivity index (χ4v) is 3.82. The number of hydrogen-bond acceptors (Lipinski definition) is 3. The average molecular weight is 352 g/mol. The maximum atomic E-state index is 12.3. The van der Waals surface area contributed by atoms with Crippen LogP contribution in [0.1, 0.15) is 37.9 Å². The van der Waals surface area contributed by atoms with Gasteiger partial charge < -0.3 is 4.74 Å². The second-order valence-electron chi connectivity index (χ2n) is 7.84. The lowest BCUT2D eigenvalue weighted by Crippen LogP contribution is -2.65. The summed E-state index contributed by atoms with van der Waals surface area (Å²) in [5.74, 6) is 0. The second kappa shape index (κ2) is 7.50. The van der Waals surface area contributed by atoms with E-state index in [9.17, 15) is 4.79 Å². The van der Waals surface area contributed by atoms with Gasteiger partial charge >= 0.3 is 6.09 Å². The molecule has 26 heavy (non-hydrogen) atoms. The van der Waals surface area contributed by atoms with Crippen molar-refractivity contribution in [3.05, 3.63) is 71.8 Å². The quantitative estimate of drug-likeness (QED) is 0.821. The van der Waals surface area contributed by atoms with E-state index in [-0.39, 0.29) is 23.7 Å². The summed E-state index contributed by atoms with van der Waals surface area (Å²) in [4.78, 5) is 16.6. The van der Waals surface area contributed by atoms with E-state index >= 15 is 0 Å². The van der Waals surface area contributed by atoms with Gasteiger partial charge in [-0.1, -0.05) is 60.7 Å². The molecule has 1 aliphatic heterocycles. The predicted octanol–water partition coefficient (Wildman–Crippen LogP) is 4.33. The summed E-state index contributed by atoms with van der Waals surface area (Å²) in [6.45, 7) is 7.83. The molecular formula is C22H28N2O2. The smallest absolute Gasteiger partial charge is 0.410 e. The maximum absolute atomic E-state index is 12.3. The van der Waals surface area contributed by atoms with Crippen LogP contribution in [-0.4, -0.2) is 47.7 Å². The molecule has 1 saturated heterocycles. The SMILES string of the molecule is COC(=O)N(C1CN(C(c2ccccc2)c2ccccc2)C1)C(C)(C)C. The Bertz CT molecular complexity index is 679. The molecule has 4 nitrogen and oxygen atoms in total. The van der Waals surface area contributed by atoms with Gasteiger partial charge in [0.05, 0.1) is 19.2 Å². The molecule has 1 amide bonds. The molecule has 0 radical (unpaired) electrons. The van der Waals surface area contributed by atoms with E-state index in [0.717, 1.165) is 13.1 Å². The summed E-state index contributed by atoms with van der Waals surface area (Å²) >= 11 is 0. The Labute approximate surface area is 156 Å². The Morgan fingerprint density at radius 2 is 1.46 bits per heavy atom. The molecule has 1 aliphatic rings. The summed E-state index contributed by atoms with van der Waals surface area (Å²) in [5.41, 5.74) is 2.29. The van der Waals surface area contributed by atoms with Gasteiger partial charge in [0.1, 0.15) is 0 Å². The van der Waals surface area contributed by atoms with Gasteiger partial charge in [0.25, 0.3) is 0 Å². The van der Waals surface area contributed by atoms with Crippen LogP contribution < -0.4 is 0 Å². The Morgan fingerprint density at radius 1 is 1.00 bits per heavy atom. The van der Waals surface area contributed by atoms with Gasteiger partial charge in [-0.25, -0.2) is 4.79 Å². The van der Waals surface area contributed by atoms with Crippen LogP contribution in [0.2, 0.25) is 0 Å². The molecule has 0 aromatic heterocycles. The third kappa shape index (κ3) is 3.75. The highest BCUT2D eigenvalue weighted by Gasteiger charge is 2.43. The van der Waals surface area contributed by atoms with Crippen LogP contribution in [-0.2, 0) is 4.74 Å². The number of ether oxygens (including phenoxy) is 1. The van der Waals surface area contributed by atoms with Crippen LogP contribution in [0.15, 0.2) is 60.7 Å². The molecule has 0 unspecified atom stereocenters. The van der Waals surface area contributed by atoms with Gasteiger partial charge in [-0.3, -0.25) is 9.80 Å². The van der Waals surface area contributed by atoms with E-state index < -0.39 is 0 Å². The minimum atomic E-state index is -0.265. The first-order chi connectivity index (χ1) is 12.4. The summed E-state index contributed by atoms with van der Waals surface area (Å²) in [7, 11) is 1.45. The standard InChI is InChI=1S/C22H28N2O2/c1-22(2,3)24(21(25)26-4)19-15-23(16-19)20(17-11-7-5-8-12-17)18-13-9-6-10-14-18/h5-14,19-20H,15-16H2,1-4H3. The molecule has 3 rings (SSSR count). The molecule has 2 aromatic carbocycles. The number of methoxy groups -OCH3 is 1. The van der Waals surface area contributed by atoms with Gasteiger partial charge in [-0.2, -0.15) is 0 Å². The highest BCUT2D eigenvalue weighted by molar-refractivity contribution is 5.69. The molecule has 0 saturated carbocycles. The fourth-order valence-electron chi connectivity index (χ4n) is 3.82. The van der Waals surface area contributed by atoms with Crippen molar-refractivity contribution in [1.29, 1.82) is 0 Å².